The van der Waals surface area contributed by atoms with Gasteiger partial charge in [-0.25, -0.2) is 13.1 Å². The maximum atomic E-state index is 12.4. The molecule has 4 N–H and O–H groups in total. The number of rotatable bonds is 4. The van der Waals surface area contributed by atoms with E-state index >= 15 is 0 Å². The summed E-state index contributed by atoms with van der Waals surface area (Å²) in [4.78, 5) is -0.0929. The summed E-state index contributed by atoms with van der Waals surface area (Å²) in [7, 11) is -3.79. The molecule has 0 radical (unpaired) electrons. The summed E-state index contributed by atoms with van der Waals surface area (Å²) in [6.07, 6.45) is 2.39. The van der Waals surface area contributed by atoms with Crippen LogP contribution in [0, 0.1) is 5.92 Å². The number of benzene rings is 1. The topological polar surface area (TPSA) is 92.4 Å². The third-order valence-electron chi connectivity index (χ3n) is 3.58. The zero-order chi connectivity index (χ0) is 14.9. The number of anilines is 1. The SMILES string of the molecule is Nc1c(Cl)ccc(S(=O)(=O)NC2CCCC2CO)c1Cl. The van der Waals surface area contributed by atoms with Crippen LogP contribution in [0.3, 0.4) is 0 Å². The molecule has 1 aliphatic rings. The number of hydrogen-bond acceptors (Lipinski definition) is 4. The monoisotopic (exact) mass is 338 g/mol. The number of nitrogens with two attached hydrogens (primary N) is 1. The summed E-state index contributed by atoms with van der Waals surface area (Å²) >= 11 is 11.8. The van der Waals surface area contributed by atoms with Crippen LogP contribution < -0.4 is 10.5 Å². The molecule has 5 nitrogen and oxygen atoms in total. The molecule has 2 atom stereocenters. The molecule has 2 unspecified atom stereocenters. The van der Waals surface area contributed by atoms with Gasteiger partial charge in [0.2, 0.25) is 10.0 Å². The van der Waals surface area contributed by atoms with Crippen molar-refractivity contribution in [3.8, 4) is 0 Å². The van der Waals surface area contributed by atoms with Gasteiger partial charge in [-0.1, -0.05) is 29.6 Å². The number of halogens is 2. The first-order chi connectivity index (χ1) is 9.36. The second-order valence-corrected chi connectivity index (χ2v) is 7.34. The standard InChI is InChI=1S/C12H16Cl2N2O3S/c13-8-4-5-10(11(14)12(8)15)20(18,19)16-9-3-1-2-7(9)6-17/h4-5,7,9,16-17H,1-3,6,15H2. The van der Waals surface area contributed by atoms with E-state index in [0.29, 0.717) is 6.42 Å². The lowest BCUT2D eigenvalue weighted by Gasteiger charge is -2.19. The molecular weight excluding hydrogens is 323 g/mol. The predicted octanol–water partition coefficient (Wildman–Crippen LogP) is 2.01. The number of hydrogen-bond donors (Lipinski definition) is 3. The summed E-state index contributed by atoms with van der Waals surface area (Å²) in [6.45, 7) is -0.0380. The highest BCUT2D eigenvalue weighted by atomic mass is 35.5. The zero-order valence-electron chi connectivity index (χ0n) is 10.6. The van der Waals surface area contributed by atoms with E-state index in [1.807, 2.05) is 0 Å². The lowest BCUT2D eigenvalue weighted by molar-refractivity contribution is 0.213. The summed E-state index contributed by atoms with van der Waals surface area (Å²) in [6, 6.07) is 2.44. The van der Waals surface area contributed by atoms with E-state index in [4.69, 9.17) is 28.9 Å². The Balaban J connectivity index is 2.29. The third kappa shape index (κ3) is 3.04. The van der Waals surface area contributed by atoms with Crippen LogP contribution in [0.1, 0.15) is 19.3 Å². The van der Waals surface area contributed by atoms with Crippen LogP contribution in [0.25, 0.3) is 0 Å². The van der Waals surface area contributed by atoms with Crippen molar-refractivity contribution in [1.82, 2.24) is 4.72 Å². The lowest BCUT2D eigenvalue weighted by atomic mass is 10.1. The van der Waals surface area contributed by atoms with Crippen molar-refractivity contribution in [3.05, 3.63) is 22.2 Å². The minimum absolute atomic E-state index is 0.0380. The van der Waals surface area contributed by atoms with E-state index in [-0.39, 0.29) is 39.2 Å². The van der Waals surface area contributed by atoms with Crippen LogP contribution in [0.15, 0.2) is 17.0 Å². The van der Waals surface area contributed by atoms with Gasteiger partial charge in [0.15, 0.2) is 0 Å². The van der Waals surface area contributed by atoms with E-state index in [1.165, 1.54) is 12.1 Å². The van der Waals surface area contributed by atoms with Gasteiger partial charge in [-0.2, -0.15) is 0 Å². The van der Waals surface area contributed by atoms with Crippen molar-refractivity contribution in [2.24, 2.45) is 5.92 Å². The maximum absolute atomic E-state index is 12.4. The van der Waals surface area contributed by atoms with Crippen molar-refractivity contribution in [3.63, 3.8) is 0 Å². The normalized spacial score (nSPS) is 23.1. The van der Waals surface area contributed by atoms with Crippen LogP contribution in [0.5, 0.6) is 0 Å². The quantitative estimate of drug-likeness (QED) is 0.732. The van der Waals surface area contributed by atoms with Gasteiger partial charge in [-0.15, -0.1) is 0 Å². The first-order valence-corrected chi connectivity index (χ1v) is 8.47. The van der Waals surface area contributed by atoms with E-state index in [1.54, 1.807) is 0 Å². The summed E-state index contributed by atoms with van der Waals surface area (Å²) in [5, 5.41) is 9.37. The highest BCUT2D eigenvalue weighted by Crippen LogP contribution is 2.34. The maximum Gasteiger partial charge on any atom is 0.242 e. The van der Waals surface area contributed by atoms with Crippen molar-refractivity contribution >= 4 is 38.9 Å². The van der Waals surface area contributed by atoms with Crippen LogP contribution in [0.2, 0.25) is 10.0 Å². The van der Waals surface area contributed by atoms with E-state index < -0.39 is 10.0 Å². The molecule has 20 heavy (non-hydrogen) atoms. The van der Waals surface area contributed by atoms with Crippen molar-refractivity contribution in [2.75, 3.05) is 12.3 Å². The second-order valence-electron chi connectivity index (χ2n) is 4.87. The molecule has 0 bridgehead atoms. The minimum atomic E-state index is -3.79. The largest absolute Gasteiger partial charge is 0.396 e. The van der Waals surface area contributed by atoms with Gasteiger partial charge in [-0.3, -0.25) is 0 Å². The number of nitrogen functional groups attached to an aromatic ring is 1. The zero-order valence-corrected chi connectivity index (χ0v) is 13.0. The van der Waals surface area contributed by atoms with Crippen molar-refractivity contribution in [1.29, 1.82) is 0 Å². The number of sulfonamides is 1. The molecule has 8 heteroatoms. The molecule has 1 aliphatic carbocycles. The molecule has 1 aromatic carbocycles. The smallest absolute Gasteiger partial charge is 0.242 e. The van der Waals surface area contributed by atoms with Gasteiger partial charge in [0.25, 0.3) is 0 Å². The van der Waals surface area contributed by atoms with E-state index in [2.05, 4.69) is 4.72 Å². The Morgan fingerprint density at radius 2 is 2.05 bits per heavy atom. The van der Waals surface area contributed by atoms with Gasteiger partial charge in [-0.05, 0) is 30.9 Å². The second kappa shape index (κ2) is 6.07. The fraction of sp³-hybridized carbons (Fsp3) is 0.500. The Morgan fingerprint density at radius 1 is 1.35 bits per heavy atom. The third-order valence-corrected chi connectivity index (χ3v) is 5.96. The molecule has 0 spiro atoms. The molecule has 1 fully saturated rings. The van der Waals surface area contributed by atoms with Gasteiger partial charge >= 0.3 is 0 Å². The predicted molar refractivity (Wildman–Crippen MR) is 79.4 cm³/mol. The first kappa shape index (κ1) is 15.9. The summed E-state index contributed by atoms with van der Waals surface area (Å²) in [5.41, 5.74) is 5.69. The highest BCUT2D eigenvalue weighted by molar-refractivity contribution is 7.89. The van der Waals surface area contributed by atoms with Gasteiger partial charge in [0.1, 0.15) is 4.90 Å². The molecule has 1 saturated carbocycles. The minimum Gasteiger partial charge on any atom is -0.396 e. The van der Waals surface area contributed by atoms with Crippen LogP contribution >= 0.6 is 23.2 Å². The molecule has 2 rings (SSSR count). The number of aliphatic hydroxyl groups is 1. The molecule has 0 aliphatic heterocycles. The number of aliphatic hydroxyl groups excluding tert-OH is 1. The summed E-state index contributed by atoms with van der Waals surface area (Å²) in [5.74, 6) is -0.0619. The molecule has 0 saturated heterocycles. The lowest BCUT2D eigenvalue weighted by Crippen LogP contribution is -2.38. The van der Waals surface area contributed by atoms with Crippen LogP contribution in [0.4, 0.5) is 5.69 Å². The molecule has 112 valence electrons. The van der Waals surface area contributed by atoms with Gasteiger partial charge in [0.05, 0.1) is 15.7 Å². The number of nitrogens with one attached hydrogen (secondary N) is 1. The van der Waals surface area contributed by atoms with E-state index in [0.717, 1.165) is 12.8 Å². The van der Waals surface area contributed by atoms with Gasteiger partial charge in [0, 0.05) is 12.6 Å². The molecular formula is C12H16Cl2N2O3S. The Hall–Kier alpha value is -0.530. The molecule has 1 aromatic rings. The highest BCUT2D eigenvalue weighted by Gasteiger charge is 2.32. The fourth-order valence-corrected chi connectivity index (χ4v) is 4.53. The Labute approximate surface area is 128 Å². The van der Waals surface area contributed by atoms with Crippen LogP contribution in [-0.4, -0.2) is 26.2 Å². The fourth-order valence-electron chi connectivity index (χ4n) is 2.43. The van der Waals surface area contributed by atoms with Gasteiger partial charge < -0.3 is 10.8 Å². The Kier molecular flexibility index (Phi) is 4.81. The first-order valence-electron chi connectivity index (χ1n) is 6.23. The molecule has 0 heterocycles. The summed E-state index contributed by atoms with van der Waals surface area (Å²) < 4.78 is 27.3. The van der Waals surface area contributed by atoms with Crippen LogP contribution in [-0.2, 0) is 10.0 Å². The Bertz CT molecular complexity index is 607. The average molecular weight is 339 g/mol. The molecule has 0 amide bonds. The van der Waals surface area contributed by atoms with Crippen molar-refractivity contribution < 1.29 is 13.5 Å². The van der Waals surface area contributed by atoms with Crippen molar-refractivity contribution in [2.45, 2.75) is 30.2 Å². The molecule has 0 aromatic heterocycles. The van der Waals surface area contributed by atoms with E-state index in [9.17, 15) is 13.5 Å². The Morgan fingerprint density at radius 3 is 2.70 bits per heavy atom. The average Bonchev–Trinajstić information content (AvgIpc) is 2.82.